The number of ether oxygens (including phenoxy) is 1. The van der Waals surface area contributed by atoms with Gasteiger partial charge in [-0.15, -0.1) is 0 Å². The van der Waals surface area contributed by atoms with E-state index < -0.39 is 10.8 Å². The first-order chi connectivity index (χ1) is 12.8. The maximum Gasteiger partial charge on any atom is 0.293 e. The Hall–Kier alpha value is -3.42. The summed E-state index contributed by atoms with van der Waals surface area (Å²) in [6.07, 6.45) is 1.35. The lowest BCUT2D eigenvalue weighted by molar-refractivity contribution is -0.384. The normalized spacial score (nSPS) is 10.7. The number of amides is 1. The molecule has 0 aliphatic heterocycles. The second-order valence-electron chi connectivity index (χ2n) is 6.23. The number of nitrogens with zero attached hydrogens (tertiary/aromatic N) is 3. The van der Waals surface area contributed by atoms with Gasteiger partial charge in [-0.25, -0.2) is 5.43 Å². The zero-order valence-electron chi connectivity index (χ0n) is 15.7. The average molecular weight is 370 g/mol. The monoisotopic (exact) mass is 370 g/mol. The molecule has 2 aromatic carbocycles. The molecule has 0 radical (unpaired) electrons. The van der Waals surface area contributed by atoms with Crippen molar-refractivity contribution < 1.29 is 14.5 Å². The molecular formula is C19H22N4O4. The number of benzene rings is 2. The molecule has 27 heavy (non-hydrogen) atoms. The molecule has 0 fully saturated rings. The zero-order valence-corrected chi connectivity index (χ0v) is 15.7. The molecule has 0 aliphatic carbocycles. The smallest absolute Gasteiger partial charge is 0.293 e. The third kappa shape index (κ3) is 5.53. The molecule has 1 amide bonds. The van der Waals surface area contributed by atoms with Crippen molar-refractivity contribution in [2.24, 2.45) is 5.10 Å². The maximum absolute atomic E-state index is 11.8. The third-order valence-electron chi connectivity index (χ3n) is 3.93. The van der Waals surface area contributed by atoms with Crippen LogP contribution in [0.5, 0.6) is 5.75 Å². The fourth-order valence-corrected chi connectivity index (χ4v) is 2.31. The number of anilines is 1. The molecule has 142 valence electrons. The van der Waals surface area contributed by atoms with Gasteiger partial charge in [0.15, 0.2) is 6.61 Å². The quantitative estimate of drug-likeness (QED) is 0.459. The number of carbonyl (C=O) groups is 1. The van der Waals surface area contributed by atoms with Crippen LogP contribution in [0.1, 0.15) is 16.7 Å². The van der Waals surface area contributed by atoms with E-state index in [-0.39, 0.29) is 12.3 Å². The van der Waals surface area contributed by atoms with Crippen LogP contribution in [-0.2, 0) is 4.79 Å². The maximum atomic E-state index is 11.8. The van der Waals surface area contributed by atoms with Gasteiger partial charge in [0.2, 0.25) is 0 Å². The summed E-state index contributed by atoms with van der Waals surface area (Å²) >= 11 is 0. The number of hydrazone groups is 1. The molecule has 0 bridgehead atoms. The molecule has 0 unspecified atom stereocenters. The standard InChI is InChI=1S/C19H22N4O4/c1-13-5-7-16(9-14(13)2)27-12-19(24)21-20-11-15-6-8-17(22(3)4)18(10-15)23(25)26/h5-11H,12H2,1-4H3,(H,21,24)/b20-11-. The van der Waals surface area contributed by atoms with Gasteiger partial charge in [0.25, 0.3) is 11.6 Å². The summed E-state index contributed by atoms with van der Waals surface area (Å²) in [7, 11) is 3.46. The molecule has 0 saturated carbocycles. The third-order valence-corrected chi connectivity index (χ3v) is 3.93. The van der Waals surface area contributed by atoms with Crippen LogP contribution >= 0.6 is 0 Å². The molecule has 2 aromatic rings. The van der Waals surface area contributed by atoms with Gasteiger partial charge in [-0.1, -0.05) is 12.1 Å². The Morgan fingerprint density at radius 2 is 1.96 bits per heavy atom. The van der Waals surface area contributed by atoms with Crippen LogP contribution in [0, 0.1) is 24.0 Å². The summed E-state index contributed by atoms with van der Waals surface area (Å²) < 4.78 is 5.42. The number of carbonyl (C=O) groups excluding carboxylic acids is 1. The van der Waals surface area contributed by atoms with Crippen molar-refractivity contribution in [3.63, 3.8) is 0 Å². The number of hydrogen-bond donors (Lipinski definition) is 1. The van der Waals surface area contributed by atoms with Crippen molar-refractivity contribution in [1.29, 1.82) is 0 Å². The van der Waals surface area contributed by atoms with Gasteiger partial charge in [0.05, 0.1) is 11.1 Å². The van der Waals surface area contributed by atoms with Gasteiger partial charge in [0.1, 0.15) is 11.4 Å². The summed E-state index contributed by atoms with van der Waals surface area (Å²) in [5, 5.41) is 15.0. The topological polar surface area (TPSA) is 97.1 Å². The van der Waals surface area contributed by atoms with Crippen molar-refractivity contribution >= 4 is 23.5 Å². The molecule has 8 nitrogen and oxygen atoms in total. The van der Waals surface area contributed by atoms with Crippen molar-refractivity contribution in [2.45, 2.75) is 13.8 Å². The SMILES string of the molecule is Cc1ccc(OCC(=O)N/N=C\c2ccc(N(C)C)c([N+](=O)[O-])c2)cc1C. The number of nitrogens with one attached hydrogen (secondary N) is 1. The number of hydrogen-bond acceptors (Lipinski definition) is 6. The minimum atomic E-state index is -0.456. The van der Waals surface area contributed by atoms with Gasteiger partial charge in [-0.05, 0) is 43.2 Å². The van der Waals surface area contributed by atoms with E-state index in [1.165, 1.54) is 12.3 Å². The van der Waals surface area contributed by atoms with Crippen LogP contribution in [0.2, 0.25) is 0 Å². The first-order valence-electron chi connectivity index (χ1n) is 8.25. The highest BCUT2D eigenvalue weighted by Crippen LogP contribution is 2.27. The van der Waals surface area contributed by atoms with E-state index in [1.807, 2.05) is 26.0 Å². The molecule has 0 aliphatic rings. The van der Waals surface area contributed by atoms with Crippen LogP contribution in [0.25, 0.3) is 0 Å². The minimum absolute atomic E-state index is 0.0339. The summed E-state index contributed by atoms with van der Waals surface area (Å²) in [5.41, 5.74) is 5.52. The number of rotatable bonds is 7. The van der Waals surface area contributed by atoms with Crippen LogP contribution in [0.15, 0.2) is 41.5 Å². The molecule has 0 atom stereocenters. The Balaban J connectivity index is 1.94. The summed E-state index contributed by atoms with van der Waals surface area (Å²) in [4.78, 5) is 24.2. The van der Waals surface area contributed by atoms with E-state index in [4.69, 9.17) is 4.74 Å². The lowest BCUT2D eigenvalue weighted by Crippen LogP contribution is -2.24. The highest BCUT2D eigenvalue weighted by atomic mass is 16.6. The molecule has 0 spiro atoms. The minimum Gasteiger partial charge on any atom is -0.484 e. The Bertz CT molecular complexity index is 878. The fourth-order valence-electron chi connectivity index (χ4n) is 2.31. The number of nitro benzene ring substituents is 1. The predicted octanol–water partition coefficient (Wildman–Crippen LogP) is 2.81. The van der Waals surface area contributed by atoms with E-state index in [1.54, 1.807) is 37.2 Å². The Morgan fingerprint density at radius 1 is 1.22 bits per heavy atom. The fraction of sp³-hybridized carbons (Fsp3) is 0.263. The van der Waals surface area contributed by atoms with E-state index in [2.05, 4.69) is 10.5 Å². The molecular weight excluding hydrogens is 348 g/mol. The van der Waals surface area contributed by atoms with Crippen LogP contribution in [-0.4, -0.2) is 37.7 Å². The summed E-state index contributed by atoms with van der Waals surface area (Å²) in [6.45, 7) is 3.78. The highest BCUT2D eigenvalue weighted by molar-refractivity contribution is 5.85. The lowest BCUT2D eigenvalue weighted by atomic mass is 10.1. The Morgan fingerprint density at radius 3 is 2.59 bits per heavy atom. The molecule has 0 aromatic heterocycles. The zero-order chi connectivity index (χ0) is 20.0. The summed E-state index contributed by atoms with van der Waals surface area (Å²) in [5.74, 6) is 0.177. The Kier molecular flexibility index (Phi) is 6.48. The lowest BCUT2D eigenvalue weighted by Gasteiger charge is -2.12. The van der Waals surface area contributed by atoms with E-state index in [0.29, 0.717) is 17.0 Å². The van der Waals surface area contributed by atoms with Gasteiger partial charge >= 0.3 is 0 Å². The van der Waals surface area contributed by atoms with Crippen molar-refractivity contribution in [1.82, 2.24) is 5.43 Å². The largest absolute Gasteiger partial charge is 0.484 e. The second kappa shape index (κ2) is 8.79. The van der Waals surface area contributed by atoms with E-state index >= 15 is 0 Å². The van der Waals surface area contributed by atoms with Gasteiger partial charge in [-0.3, -0.25) is 14.9 Å². The first kappa shape index (κ1) is 19.9. The Labute approximate surface area is 157 Å². The summed E-state index contributed by atoms with van der Waals surface area (Å²) in [6, 6.07) is 10.3. The van der Waals surface area contributed by atoms with Gasteiger partial charge < -0.3 is 9.64 Å². The highest BCUT2D eigenvalue weighted by Gasteiger charge is 2.15. The second-order valence-corrected chi connectivity index (χ2v) is 6.23. The van der Waals surface area contributed by atoms with Crippen molar-refractivity contribution in [3.05, 3.63) is 63.2 Å². The van der Waals surface area contributed by atoms with Crippen molar-refractivity contribution in [2.75, 3.05) is 25.6 Å². The molecule has 0 heterocycles. The van der Waals surface area contributed by atoms with Gasteiger partial charge in [0, 0.05) is 25.7 Å². The van der Waals surface area contributed by atoms with Crippen molar-refractivity contribution in [3.8, 4) is 5.75 Å². The molecule has 1 N–H and O–H groups in total. The molecule has 0 saturated heterocycles. The predicted molar refractivity (Wildman–Crippen MR) is 105 cm³/mol. The van der Waals surface area contributed by atoms with Crippen LogP contribution in [0.4, 0.5) is 11.4 Å². The molecule has 2 rings (SSSR count). The first-order valence-corrected chi connectivity index (χ1v) is 8.25. The van der Waals surface area contributed by atoms with E-state index in [9.17, 15) is 14.9 Å². The van der Waals surface area contributed by atoms with Crippen LogP contribution in [0.3, 0.4) is 0 Å². The van der Waals surface area contributed by atoms with Crippen LogP contribution < -0.4 is 15.1 Å². The van der Waals surface area contributed by atoms with E-state index in [0.717, 1.165) is 11.1 Å². The average Bonchev–Trinajstić information content (AvgIpc) is 2.62. The van der Waals surface area contributed by atoms with Gasteiger partial charge in [-0.2, -0.15) is 5.10 Å². The molecule has 8 heteroatoms. The number of aryl methyl sites for hydroxylation is 2. The number of nitro groups is 1.